The number of carbonyl (C=O) groups excluding carboxylic acids is 1. The van der Waals surface area contributed by atoms with Crippen molar-refractivity contribution in [3.8, 4) is 0 Å². The summed E-state index contributed by atoms with van der Waals surface area (Å²) in [6, 6.07) is 20.9. The normalized spacial score (nSPS) is 18.2. The van der Waals surface area contributed by atoms with Gasteiger partial charge in [0.25, 0.3) is 0 Å². The van der Waals surface area contributed by atoms with E-state index in [9.17, 15) is 4.79 Å². The Balaban J connectivity index is 2.07. The van der Waals surface area contributed by atoms with Crippen LogP contribution in [0.2, 0.25) is 0 Å². The molecule has 0 amide bonds. The highest BCUT2D eigenvalue weighted by molar-refractivity contribution is 5.96. The van der Waals surface area contributed by atoms with Gasteiger partial charge in [0.05, 0.1) is 6.04 Å². The van der Waals surface area contributed by atoms with Gasteiger partial charge in [0.15, 0.2) is 5.78 Å². The van der Waals surface area contributed by atoms with Crippen molar-refractivity contribution in [1.29, 1.82) is 0 Å². The topological polar surface area (TPSA) is 20.3 Å². The van der Waals surface area contributed by atoms with Crippen molar-refractivity contribution in [1.82, 2.24) is 0 Å². The molecule has 1 atom stereocenters. The molecule has 2 aromatic rings. The molecule has 0 aliphatic carbocycles. The van der Waals surface area contributed by atoms with Crippen molar-refractivity contribution in [2.24, 2.45) is 0 Å². The summed E-state index contributed by atoms with van der Waals surface area (Å²) in [6.07, 6.45) is 0.778. The molecular formula is C19H19NO. The molecule has 0 aromatic heterocycles. The average molecular weight is 277 g/mol. The fraction of sp³-hybridized carbons (Fsp3) is 0.211. The molecule has 0 spiro atoms. The summed E-state index contributed by atoms with van der Waals surface area (Å²) in [7, 11) is 0. The average Bonchev–Trinajstić information content (AvgIpc) is 2.87. The molecule has 1 aliphatic heterocycles. The standard InChI is InChI=1S/C19H19NO/c1-14-18(15(2)21)13-19(16-9-5-3-6-10-16)20(14)17-11-7-4-8-12-17/h3-12,19H,13H2,1-2H3/t19-/m1/s1. The van der Waals surface area contributed by atoms with Gasteiger partial charge in [0.1, 0.15) is 0 Å². The van der Waals surface area contributed by atoms with Gasteiger partial charge >= 0.3 is 0 Å². The first-order chi connectivity index (χ1) is 10.2. The molecular weight excluding hydrogens is 258 g/mol. The van der Waals surface area contributed by atoms with Crippen molar-refractivity contribution < 1.29 is 4.79 Å². The van der Waals surface area contributed by atoms with Gasteiger partial charge in [0, 0.05) is 23.4 Å². The lowest BCUT2D eigenvalue weighted by Crippen LogP contribution is -2.21. The van der Waals surface area contributed by atoms with Gasteiger partial charge in [-0.25, -0.2) is 0 Å². The zero-order chi connectivity index (χ0) is 14.8. The van der Waals surface area contributed by atoms with E-state index in [2.05, 4.69) is 41.3 Å². The van der Waals surface area contributed by atoms with Crippen LogP contribution in [0, 0.1) is 0 Å². The first-order valence-corrected chi connectivity index (χ1v) is 7.28. The summed E-state index contributed by atoms with van der Waals surface area (Å²) in [5.74, 6) is 0.173. The Hall–Kier alpha value is -2.35. The van der Waals surface area contributed by atoms with E-state index in [1.54, 1.807) is 6.92 Å². The SMILES string of the molecule is CC(=O)C1=C(C)N(c2ccccc2)[C@@H](c2ccccc2)C1. The van der Waals surface area contributed by atoms with Gasteiger partial charge in [-0.2, -0.15) is 0 Å². The summed E-state index contributed by atoms with van der Waals surface area (Å²) in [6.45, 7) is 3.71. The predicted octanol–water partition coefficient (Wildman–Crippen LogP) is 4.50. The fourth-order valence-corrected chi connectivity index (χ4v) is 3.11. The van der Waals surface area contributed by atoms with Crippen LogP contribution in [-0.2, 0) is 4.79 Å². The molecule has 0 saturated heterocycles. The molecule has 0 radical (unpaired) electrons. The summed E-state index contributed by atoms with van der Waals surface area (Å²) in [5, 5.41) is 0. The number of hydrogen-bond acceptors (Lipinski definition) is 2. The molecule has 106 valence electrons. The van der Waals surface area contributed by atoms with Crippen LogP contribution < -0.4 is 4.90 Å². The van der Waals surface area contributed by atoms with E-state index >= 15 is 0 Å². The minimum atomic E-state index is 0.173. The van der Waals surface area contributed by atoms with Crippen LogP contribution >= 0.6 is 0 Å². The van der Waals surface area contributed by atoms with Crippen molar-refractivity contribution in [2.75, 3.05) is 4.90 Å². The number of carbonyl (C=O) groups is 1. The number of para-hydroxylation sites is 1. The maximum atomic E-state index is 11.9. The lowest BCUT2D eigenvalue weighted by Gasteiger charge is -2.29. The number of Topliss-reactive ketones (excluding diaryl/α,β-unsaturated/α-hetero) is 1. The second kappa shape index (κ2) is 5.57. The molecule has 0 fully saturated rings. The Morgan fingerprint density at radius 2 is 1.57 bits per heavy atom. The van der Waals surface area contributed by atoms with Gasteiger partial charge in [-0.15, -0.1) is 0 Å². The van der Waals surface area contributed by atoms with Gasteiger partial charge < -0.3 is 4.90 Å². The molecule has 1 aliphatic rings. The number of ketones is 1. The number of benzene rings is 2. The molecule has 0 bridgehead atoms. The number of rotatable bonds is 3. The Kier molecular flexibility index (Phi) is 3.61. The van der Waals surface area contributed by atoms with Gasteiger partial charge in [-0.1, -0.05) is 48.5 Å². The van der Waals surface area contributed by atoms with Crippen molar-refractivity contribution >= 4 is 11.5 Å². The van der Waals surface area contributed by atoms with E-state index in [1.807, 2.05) is 31.2 Å². The Bertz CT molecular complexity index is 673. The lowest BCUT2D eigenvalue weighted by molar-refractivity contribution is -0.113. The molecule has 21 heavy (non-hydrogen) atoms. The summed E-state index contributed by atoms with van der Waals surface area (Å²) in [4.78, 5) is 14.2. The number of nitrogens with zero attached hydrogens (tertiary/aromatic N) is 1. The maximum Gasteiger partial charge on any atom is 0.157 e. The molecule has 2 aromatic carbocycles. The minimum absolute atomic E-state index is 0.173. The smallest absolute Gasteiger partial charge is 0.157 e. The minimum Gasteiger partial charge on any atom is -0.337 e. The zero-order valence-electron chi connectivity index (χ0n) is 12.4. The zero-order valence-corrected chi connectivity index (χ0v) is 12.4. The predicted molar refractivity (Wildman–Crippen MR) is 86.1 cm³/mol. The van der Waals surface area contributed by atoms with Crippen LogP contribution in [0.1, 0.15) is 31.9 Å². The molecule has 3 rings (SSSR count). The summed E-state index contributed by atoms with van der Waals surface area (Å²) in [5.41, 5.74) is 4.40. The third kappa shape index (κ3) is 2.49. The van der Waals surface area contributed by atoms with Gasteiger partial charge in [-0.05, 0) is 31.5 Å². The van der Waals surface area contributed by atoms with Crippen LogP contribution in [0.5, 0.6) is 0 Å². The second-order valence-electron chi connectivity index (χ2n) is 5.46. The van der Waals surface area contributed by atoms with Crippen molar-refractivity contribution in [3.63, 3.8) is 0 Å². The van der Waals surface area contributed by atoms with Crippen LogP contribution in [0.3, 0.4) is 0 Å². The largest absolute Gasteiger partial charge is 0.337 e. The van der Waals surface area contributed by atoms with Crippen molar-refractivity contribution in [3.05, 3.63) is 77.5 Å². The Labute approximate surface area is 125 Å². The third-order valence-corrected chi connectivity index (χ3v) is 4.15. The van der Waals surface area contributed by atoms with Gasteiger partial charge in [0.2, 0.25) is 0 Å². The summed E-state index contributed by atoms with van der Waals surface area (Å²) < 4.78 is 0. The molecule has 0 saturated carbocycles. The first kappa shape index (κ1) is 13.6. The molecule has 2 heteroatoms. The monoisotopic (exact) mass is 277 g/mol. The number of allylic oxidation sites excluding steroid dienone is 1. The Morgan fingerprint density at radius 1 is 1.00 bits per heavy atom. The van der Waals surface area contributed by atoms with E-state index in [-0.39, 0.29) is 11.8 Å². The van der Waals surface area contributed by atoms with Crippen molar-refractivity contribution in [2.45, 2.75) is 26.3 Å². The van der Waals surface area contributed by atoms with E-state index < -0.39 is 0 Å². The molecule has 1 heterocycles. The quantitative estimate of drug-likeness (QED) is 0.823. The number of hydrogen-bond donors (Lipinski definition) is 0. The van der Waals surface area contributed by atoms with Gasteiger partial charge in [-0.3, -0.25) is 4.79 Å². The fourth-order valence-electron chi connectivity index (χ4n) is 3.11. The van der Waals surface area contributed by atoms with Crippen LogP contribution in [-0.4, -0.2) is 5.78 Å². The van der Waals surface area contributed by atoms with Crippen LogP contribution in [0.15, 0.2) is 71.9 Å². The maximum absolute atomic E-state index is 11.9. The molecule has 0 N–H and O–H groups in total. The Morgan fingerprint density at radius 3 is 2.14 bits per heavy atom. The first-order valence-electron chi connectivity index (χ1n) is 7.28. The third-order valence-electron chi connectivity index (χ3n) is 4.15. The van der Waals surface area contributed by atoms with E-state index in [4.69, 9.17) is 0 Å². The molecule has 2 nitrogen and oxygen atoms in total. The van der Waals surface area contributed by atoms with E-state index in [1.165, 1.54) is 5.56 Å². The van der Waals surface area contributed by atoms with E-state index in [0.717, 1.165) is 23.4 Å². The van der Waals surface area contributed by atoms with E-state index in [0.29, 0.717) is 0 Å². The summed E-state index contributed by atoms with van der Waals surface area (Å²) >= 11 is 0. The lowest BCUT2D eigenvalue weighted by atomic mass is 10.00. The highest BCUT2D eigenvalue weighted by atomic mass is 16.1. The highest BCUT2D eigenvalue weighted by Gasteiger charge is 2.33. The number of anilines is 1. The van der Waals surface area contributed by atoms with Crippen LogP contribution in [0.25, 0.3) is 0 Å². The van der Waals surface area contributed by atoms with Crippen LogP contribution in [0.4, 0.5) is 5.69 Å². The highest BCUT2D eigenvalue weighted by Crippen LogP contribution is 2.42. The second-order valence-corrected chi connectivity index (χ2v) is 5.46. The molecule has 0 unspecified atom stereocenters.